The molecule has 2 aromatic carbocycles. The number of aliphatic imine (C=N–C) groups is 1. The molecule has 11 nitrogen and oxygen atoms in total. The van der Waals surface area contributed by atoms with E-state index in [9.17, 15) is 19.4 Å². The van der Waals surface area contributed by atoms with Gasteiger partial charge in [-0.05, 0) is 69.1 Å². The quantitative estimate of drug-likeness (QED) is 0.173. The highest BCUT2D eigenvalue weighted by Gasteiger charge is 2.29. The third-order valence-electron chi connectivity index (χ3n) is 7.36. The molecule has 0 amide bonds. The summed E-state index contributed by atoms with van der Waals surface area (Å²) in [5, 5.41) is 30.4. The van der Waals surface area contributed by atoms with Crippen molar-refractivity contribution >= 4 is 23.7 Å². The van der Waals surface area contributed by atoms with Gasteiger partial charge in [-0.2, -0.15) is 4.39 Å². The maximum atomic E-state index is 15.6. The molecule has 1 saturated carbocycles. The first-order chi connectivity index (χ1) is 20.1. The number of carboxylic acid groups (broad SMARTS) is 1. The topological polar surface area (TPSA) is 166 Å². The number of nitrogens with two attached hydrogens (primary N) is 1. The third kappa shape index (κ3) is 6.10. The summed E-state index contributed by atoms with van der Waals surface area (Å²) < 4.78 is 41.7. The Hall–Kier alpha value is -4.78. The lowest BCUT2D eigenvalue weighted by Crippen LogP contribution is -2.29. The van der Waals surface area contributed by atoms with Gasteiger partial charge in [0.05, 0.1) is 12.1 Å². The minimum Gasteiger partial charge on any atom is -0.504 e. The zero-order valence-electron chi connectivity index (χ0n) is 22.7. The van der Waals surface area contributed by atoms with Crippen molar-refractivity contribution in [3.63, 3.8) is 0 Å². The Morgan fingerprint density at radius 2 is 1.88 bits per heavy atom. The van der Waals surface area contributed by atoms with Gasteiger partial charge in [0.2, 0.25) is 11.6 Å². The van der Waals surface area contributed by atoms with Gasteiger partial charge < -0.3 is 30.7 Å². The number of benzene rings is 2. The maximum absolute atomic E-state index is 15.6. The number of rotatable bonds is 9. The van der Waals surface area contributed by atoms with Gasteiger partial charge in [0, 0.05) is 35.6 Å². The number of phenolic OH excluding ortho intramolecular Hbond substituents is 1. The molecule has 1 aliphatic carbocycles. The normalized spacial score (nSPS) is 20.3. The number of anilines is 1. The van der Waals surface area contributed by atoms with Crippen LogP contribution in [0.3, 0.4) is 0 Å². The van der Waals surface area contributed by atoms with Crippen LogP contribution in [0.15, 0.2) is 47.6 Å². The Bertz CT molecular complexity index is 1540. The zero-order valence-corrected chi connectivity index (χ0v) is 22.7. The van der Waals surface area contributed by atoms with E-state index in [2.05, 4.69) is 15.3 Å². The van der Waals surface area contributed by atoms with Crippen LogP contribution >= 0.6 is 0 Å². The van der Waals surface area contributed by atoms with Crippen molar-refractivity contribution in [1.29, 1.82) is 5.41 Å². The largest absolute Gasteiger partial charge is 0.504 e. The van der Waals surface area contributed by atoms with Crippen molar-refractivity contribution in [2.75, 3.05) is 18.9 Å². The molecule has 5 rings (SSSR count). The molecule has 1 aliphatic heterocycles. The predicted molar refractivity (Wildman–Crippen MR) is 151 cm³/mol. The molecule has 42 heavy (non-hydrogen) atoms. The number of aliphatic carboxylic acids is 1. The lowest BCUT2D eigenvalue weighted by Gasteiger charge is -2.28. The summed E-state index contributed by atoms with van der Waals surface area (Å²) in [5.74, 6) is -5.59. The first-order valence-electron chi connectivity index (χ1n) is 13.3. The molecule has 0 radical (unpaired) electrons. The number of amidine groups is 1. The van der Waals surface area contributed by atoms with Crippen LogP contribution in [0, 0.1) is 23.0 Å². The summed E-state index contributed by atoms with van der Waals surface area (Å²) in [7, 11) is 1.86. The number of carbonyl (C=O) groups is 1. The van der Waals surface area contributed by atoms with Crippen LogP contribution in [0.1, 0.15) is 43.0 Å². The lowest BCUT2D eigenvalue weighted by atomic mass is 9.86. The molecule has 13 heteroatoms. The van der Waals surface area contributed by atoms with Crippen molar-refractivity contribution < 1.29 is 33.3 Å². The molecule has 0 saturated heterocycles. The number of nitrogens with zero attached hydrogens (tertiary/aromatic N) is 3. The fourth-order valence-corrected chi connectivity index (χ4v) is 5.04. The van der Waals surface area contributed by atoms with Crippen LogP contribution in [-0.2, 0) is 4.79 Å². The molecule has 1 unspecified atom stereocenters. The van der Waals surface area contributed by atoms with Crippen LogP contribution < -0.4 is 20.5 Å². The number of nitrogens with one attached hydrogen (secondary N) is 2. The number of aromatic nitrogens is 1. The number of nitrogen functional groups attached to an aromatic ring is 1. The second-order valence-electron chi connectivity index (χ2n) is 10.3. The summed E-state index contributed by atoms with van der Waals surface area (Å²) in [4.78, 5) is 21.4. The number of halogens is 2. The SMILES string of the molecule is CN1CC=NC1c1cc(NC2CCC(C(=O)O)CC2)ccc1Oc1c(F)cnc(Oc2cc(C(=N)N)ccc2O)c1F. The summed E-state index contributed by atoms with van der Waals surface area (Å²) in [5.41, 5.74) is 7.01. The molecule has 1 aromatic heterocycles. The van der Waals surface area contributed by atoms with Gasteiger partial charge in [0.15, 0.2) is 17.3 Å². The summed E-state index contributed by atoms with van der Waals surface area (Å²) in [6.45, 7) is 0.569. The number of phenols is 1. The lowest BCUT2D eigenvalue weighted by molar-refractivity contribution is -0.142. The average Bonchev–Trinajstić information content (AvgIpc) is 3.39. The second-order valence-corrected chi connectivity index (χ2v) is 10.3. The predicted octanol–water partition coefficient (Wildman–Crippen LogP) is 5.00. The van der Waals surface area contributed by atoms with Gasteiger partial charge in [0.1, 0.15) is 17.8 Å². The molecule has 6 N–H and O–H groups in total. The first-order valence-corrected chi connectivity index (χ1v) is 13.3. The highest BCUT2D eigenvalue weighted by atomic mass is 19.1. The molecule has 1 atom stereocenters. The molecular weight excluding hydrogens is 550 g/mol. The standard InChI is InChI=1S/C29H30F2N6O5/c1-37-11-10-34-27(37)19-13-18(36-17-5-2-15(3-6-17)29(39)40)7-9-22(19)41-25-20(30)14-35-28(24(25)31)42-23-12-16(26(32)33)4-8-21(23)38/h4,7-10,12-15,17,27,36,38H,2-3,5-6,11H2,1H3,(H3,32,33)(H,39,40). The number of hydrogen-bond donors (Lipinski definition) is 5. The summed E-state index contributed by atoms with van der Waals surface area (Å²) in [6, 6.07) is 9.04. The van der Waals surface area contributed by atoms with Gasteiger partial charge in [0.25, 0.3) is 5.88 Å². The molecule has 0 spiro atoms. The number of hydrogen-bond acceptors (Lipinski definition) is 9. The van der Waals surface area contributed by atoms with E-state index >= 15 is 4.39 Å². The van der Waals surface area contributed by atoms with E-state index in [0.29, 0.717) is 37.8 Å². The highest BCUT2D eigenvalue weighted by Crippen LogP contribution is 2.41. The summed E-state index contributed by atoms with van der Waals surface area (Å²) in [6.07, 6.45) is 4.57. The second kappa shape index (κ2) is 12.0. The Morgan fingerprint density at radius 1 is 1.12 bits per heavy atom. The zero-order chi connectivity index (χ0) is 30.0. The third-order valence-corrected chi connectivity index (χ3v) is 7.36. The fourth-order valence-electron chi connectivity index (χ4n) is 5.04. The molecule has 1 fully saturated rings. The van der Waals surface area contributed by atoms with Crippen LogP contribution in [-0.4, -0.2) is 57.8 Å². The van der Waals surface area contributed by atoms with E-state index in [1.165, 1.54) is 18.2 Å². The number of carboxylic acids is 1. The molecule has 2 heterocycles. The number of ether oxygens (including phenoxy) is 2. The van der Waals surface area contributed by atoms with E-state index in [1.807, 2.05) is 18.0 Å². The van der Waals surface area contributed by atoms with Crippen LogP contribution in [0.5, 0.6) is 28.9 Å². The van der Waals surface area contributed by atoms with Crippen molar-refractivity contribution in [1.82, 2.24) is 9.88 Å². The number of pyridine rings is 1. The van der Waals surface area contributed by atoms with Crippen molar-refractivity contribution in [2.45, 2.75) is 37.9 Å². The minimum absolute atomic E-state index is 0.0812. The van der Waals surface area contributed by atoms with Crippen molar-refractivity contribution in [2.24, 2.45) is 16.6 Å². The van der Waals surface area contributed by atoms with Gasteiger partial charge >= 0.3 is 5.97 Å². The van der Waals surface area contributed by atoms with E-state index in [1.54, 1.807) is 18.3 Å². The van der Waals surface area contributed by atoms with Crippen molar-refractivity contribution in [3.8, 4) is 28.9 Å². The fraction of sp³-hybridized carbons (Fsp3) is 0.310. The first kappa shape index (κ1) is 28.7. The molecule has 3 aromatic rings. The van der Waals surface area contributed by atoms with Gasteiger partial charge in [-0.3, -0.25) is 20.1 Å². The molecular formula is C29H30F2N6O5. The van der Waals surface area contributed by atoms with Crippen molar-refractivity contribution in [3.05, 3.63) is 65.4 Å². The Kier molecular flexibility index (Phi) is 8.20. The maximum Gasteiger partial charge on any atom is 0.306 e. The Labute approximate surface area is 240 Å². The minimum atomic E-state index is -1.24. The van der Waals surface area contributed by atoms with Gasteiger partial charge in [-0.15, -0.1) is 0 Å². The van der Waals surface area contributed by atoms with E-state index < -0.39 is 35.4 Å². The molecule has 2 aliphatic rings. The summed E-state index contributed by atoms with van der Waals surface area (Å²) >= 11 is 0. The monoisotopic (exact) mass is 580 g/mol. The van der Waals surface area contributed by atoms with Gasteiger partial charge in [-0.25, -0.2) is 9.37 Å². The van der Waals surface area contributed by atoms with Gasteiger partial charge in [-0.1, -0.05) is 0 Å². The van der Waals surface area contributed by atoms with Crippen LogP contribution in [0.2, 0.25) is 0 Å². The van der Waals surface area contributed by atoms with Crippen LogP contribution in [0.4, 0.5) is 14.5 Å². The Balaban J connectivity index is 1.43. The smallest absolute Gasteiger partial charge is 0.306 e. The Morgan fingerprint density at radius 3 is 2.55 bits per heavy atom. The van der Waals surface area contributed by atoms with E-state index in [-0.39, 0.29) is 40.6 Å². The van der Waals surface area contributed by atoms with E-state index in [0.717, 1.165) is 11.9 Å². The average molecular weight is 581 g/mol. The van der Waals surface area contributed by atoms with Crippen LogP contribution in [0.25, 0.3) is 0 Å². The molecule has 220 valence electrons. The molecule has 0 bridgehead atoms. The van der Waals surface area contributed by atoms with E-state index in [4.69, 9.17) is 20.6 Å². The highest BCUT2D eigenvalue weighted by molar-refractivity contribution is 5.95. The number of aromatic hydroxyl groups is 1.